The zero-order valence-corrected chi connectivity index (χ0v) is 12.3. The van der Waals surface area contributed by atoms with Gasteiger partial charge in [-0.05, 0) is 24.8 Å². The first-order valence-electron chi connectivity index (χ1n) is 7.98. The van der Waals surface area contributed by atoms with E-state index < -0.39 is 0 Å². The van der Waals surface area contributed by atoms with Crippen molar-refractivity contribution in [1.82, 2.24) is 10.2 Å². The molecule has 1 saturated carbocycles. The van der Waals surface area contributed by atoms with Crippen molar-refractivity contribution < 1.29 is 4.79 Å². The molecule has 21 heavy (non-hydrogen) atoms. The molecule has 2 N–H and O–H groups in total. The van der Waals surface area contributed by atoms with E-state index in [1.54, 1.807) is 4.90 Å². The number of carbonyl (C=O) groups is 1. The highest BCUT2D eigenvalue weighted by molar-refractivity contribution is 5.98. The normalized spacial score (nSPS) is 23.3. The number of nitrogens with one attached hydrogen (secondary N) is 2. The molecule has 2 amide bonds. The van der Waals surface area contributed by atoms with Gasteiger partial charge in [-0.3, -0.25) is 10.3 Å². The predicted octanol–water partition coefficient (Wildman–Crippen LogP) is 3.84. The van der Waals surface area contributed by atoms with Crippen LogP contribution in [-0.4, -0.2) is 22.8 Å². The Kier molecular flexibility index (Phi) is 4.23. The van der Waals surface area contributed by atoms with Gasteiger partial charge in [0.25, 0.3) is 0 Å². The summed E-state index contributed by atoms with van der Waals surface area (Å²) in [5.41, 5.74) is 1.12. The summed E-state index contributed by atoms with van der Waals surface area (Å²) in [5, 5.41) is 11.2. The largest absolute Gasteiger partial charge is 0.335 e. The Hall–Kier alpha value is -1.84. The maximum Gasteiger partial charge on any atom is 0.323 e. The van der Waals surface area contributed by atoms with E-state index in [9.17, 15) is 4.79 Å². The summed E-state index contributed by atoms with van der Waals surface area (Å²) >= 11 is 0. The Bertz CT molecular complexity index is 508. The smallest absolute Gasteiger partial charge is 0.323 e. The third kappa shape index (κ3) is 3.09. The second-order valence-electron chi connectivity index (χ2n) is 6.07. The Balaban J connectivity index is 1.71. The number of hydrogen-bond donors (Lipinski definition) is 2. The molecule has 1 atom stereocenters. The van der Waals surface area contributed by atoms with Crippen molar-refractivity contribution in [3.63, 3.8) is 0 Å². The number of likely N-dealkylation sites (tertiary alicyclic amines) is 1. The Labute approximate surface area is 126 Å². The van der Waals surface area contributed by atoms with Crippen LogP contribution < -0.4 is 5.32 Å². The van der Waals surface area contributed by atoms with Crippen LogP contribution in [0.1, 0.15) is 56.6 Å². The topological polar surface area (TPSA) is 56.2 Å². The van der Waals surface area contributed by atoms with Gasteiger partial charge < -0.3 is 5.32 Å². The van der Waals surface area contributed by atoms with E-state index in [0.717, 1.165) is 24.8 Å². The van der Waals surface area contributed by atoms with E-state index in [2.05, 4.69) is 5.32 Å². The van der Waals surface area contributed by atoms with E-state index in [4.69, 9.17) is 5.41 Å². The highest BCUT2D eigenvalue weighted by Gasteiger charge is 2.35. The van der Waals surface area contributed by atoms with Gasteiger partial charge in [-0.15, -0.1) is 0 Å². The van der Waals surface area contributed by atoms with Crippen LogP contribution in [0.4, 0.5) is 4.79 Å². The molecule has 1 heterocycles. The molecule has 1 aromatic rings. The number of nitrogens with zero attached hydrogens (tertiary/aromatic N) is 1. The van der Waals surface area contributed by atoms with Gasteiger partial charge in [0, 0.05) is 12.5 Å². The summed E-state index contributed by atoms with van der Waals surface area (Å²) in [6, 6.07) is 10.3. The molecule has 1 aromatic carbocycles. The zero-order valence-electron chi connectivity index (χ0n) is 12.3. The maximum atomic E-state index is 12.6. The molecule has 112 valence electrons. The lowest BCUT2D eigenvalue weighted by molar-refractivity contribution is 0.204. The lowest BCUT2D eigenvalue weighted by Gasteiger charge is -2.29. The first-order valence-corrected chi connectivity index (χ1v) is 7.98. The van der Waals surface area contributed by atoms with Crippen molar-refractivity contribution in [1.29, 1.82) is 5.41 Å². The number of benzene rings is 1. The van der Waals surface area contributed by atoms with Crippen LogP contribution >= 0.6 is 0 Å². The Morgan fingerprint density at radius 2 is 1.81 bits per heavy atom. The van der Waals surface area contributed by atoms with Gasteiger partial charge >= 0.3 is 6.03 Å². The van der Waals surface area contributed by atoms with Crippen molar-refractivity contribution >= 4 is 11.9 Å². The Morgan fingerprint density at radius 1 is 1.10 bits per heavy atom. The molecule has 0 aromatic heterocycles. The van der Waals surface area contributed by atoms with Gasteiger partial charge in [-0.2, -0.15) is 0 Å². The molecule has 4 heteroatoms. The second kappa shape index (κ2) is 6.29. The number of rotatable bonds is 2. The fourth-order valence-corrected chi connectivity index (χ4v) is 3.46. The van der Waals surface area contributed by atoms with Gasteiger partial charge in [0.2, 0.25) is 0 Å². The first-order chi connectivity index (χ1) is 10.3. The summed E-state index contributed by atoms with van der Waals surface area (Å²) in [6.07, 6.45) is 7.35. The van der Waals surface area contributed by atoms with Gasteiger partial charge in [0.05, 0.1) is 6.04 Å². The summed E-state index contributed by atoms with van der Waals surface area (Å²) in [6.45, 7) is 0. The minimum Gasteiger partial charge on any atom is -0.335 e. The lowest BCUT2D eigenvalue weighted by atomic mass is 9.96. The number of urea groups is 1. The van der Waals surface area contributed by atoms with E-state index in [1.165, 1.54) is 19.3 Å². The molecule has 1 saturated heterocycles. The molecular formula is C17H23N3O. The van der Waals surface area contributed by atoms with Crippen molar-refractivity contribution in [2.45, 2.75) is 57.0 Å². The van der Waals surface area contributed by atoms with Gasteiger partial charge in [-0.25, -0.2) is 4.79 Å². The number of carbonyl (C=O) groups excluding carboxylic acids is 1. The molecule has 3 rings (SSSR count). The highest BCUT2D eigenvalue weighted by Crippen LogP contribution is 2.33. The number of amidine groups is 1. The van der Waals surface area contributed by atoms with Crippen molar-refractivity contribution in [3.05, 3.63) is 35.9 Å². The Morgan fingerprint density at radius 3 is 2.52 bits per heavy atom. The summed E-state index contributed by atoms with van der Waals surface area (Å²) in [4.78, 5) is 14.2. The lowest BCUT2D eigenvalue weighted by Crippen LogP contribution is -2.46. The summed E-state index contributed by atoms with van der Waals surface area (Å²) in [7, 11) is 0. The van der Waals surface area contributed by atoms with Crippen LogP contribution in [0.5, 0.6) is 0 Å². The van der Waals surface area contributed by atoms with Crippen LogP contribution in [0.15, 0.2) is 30.3 Å². The molecule has 1 aliphatic carbocycles. The van der Waals surface area contributed by atoms with Crippen molar-refractivity contribution in [2.75, 3.05) is 0 Å². The molecule has 2 aliphatic rings. The minimum atomic E-state index is -0.0850. The van der Waals surface area contributed by atoms with Crippen molar-refractivity contribution in [2.24, 2.45) is 0 Å². The number of hydrogen-bond acceptors (Lipinski definition) is 2. The highest BCUT2D eigenvalue weighted by atomic mass is 16.2. The first kappa shape index (κ1) is 14.1. The van der Waals surface area contributed by atoms with E-state index in [-0.39, 0.29) is 18.1 Å². The fraction of sp³-hybridized carbons (Fsp3) is 0.529. The monoisotopic (exact) mass is 285 g/mol. The third-order valence-corrected chi connectivity index (χ3v) is 4.59. The standard InChI is InChI=1S/C17H23N3O/c18-16-12-11-15(13-7-3-1-4-8-13)20(16)17(21)19-14-9-5-2-6-10-14/h1,3-4,7-8,14-15,18H,2,5-6,9-12H2,(H,19,21). The molecule has 1 aliphatic heterocycles. The fourth-order valence-electron chi connectivity index (χ4n) is 3.46. The van der Waals surface area contributed by atoms with Crippen LogP contribution in [0.25, 0.3) is 0 Å². The molecular weight excluding hydrogens is 262 g/mol. The molecule has 0 spiro atoms. The average molecular weight is 285 g/mol. The molecule has 1 unspecified atom stereocenters. The quantitative estimate of drug-likeness (QED) is 0.852. The molecule has 0 bridgehead atoms. The van der Waals surface area contributed by atoms with Gasteiger partial charge in [0.15, 0.2) is 0 Å². The molecule has 4 nitrogen and oxygen atoms in total. The SMILES string of the molecule is N=C1CCC(c2ccccc2)N1C(=O)NC1CCCCC1. The van der Waals surface area contributed by atoms with E-state index in [1.807, 2.05) is 30.3 Å². The third-order valence-electron chi connectivity index (χ3n) is 4.59. The second-order valence-corrected chi connectivity index (χ2v) is 6.07. The molecule has 2 fully saturated rings. The van der Waals surface area contributed by atoms with Crippen molar-refractivity contribution in [3.8, 4) is 0 Å². The van der Waals surface area contributed by atoms with E-state index in [0.29, 0.717) is 12.3 Å². The van der Waals surface area contributed by atoms with Gasteiger partial charge in [0.1, 0.15) is 5.84 Å². The van der Waals surface area contributed by atoms with Crippen LogP contribution in [0.2, 0.25) is 0 Å². The maximum absolute atomic E-state index is 12.6. The van der Waals surface area contributed by atoms with Gasteiger partial charge in [-0.1, -0.05) is 49.6 Å². The van der Waals surface area contributed by atoms with E-state index >= 15 is 0 Å². The average Bonchev–Trinajstić information content (AvgIpc) is 2.91. The summed E-state index contributed by atoms with van der Waals surface area (Å²) < 4.78 is 0. The summed E-state index contributed by atoms with van der Waals surface area (Å²) in [5.74, 6) is 0.442. The van der Waals surface area contributed by atoms with Crippen LogP contribution in [0, 0.1) is 5.41 Å². The molecule has 0 radical (unpaired) electrons. The number of amides is 2. The zero-order chi connectivity index (χ0) is 14.7. The van der Waals surface area contributed by atoms with Crippen LogP contribution in [0.3, 0.4) is 0 Å². The van der Waals surface area contributed by atoms with Crippen LogP contribution in [-0.2, 0) is 0 Å². The predicted molar refractivity (Wildman–Crippen MR) is 83.4 cm³/mol. The minimum absolute atomic E-state index is 0.0160.